The fraction of sp³-hybridized carbons (Fsp3) is 0.238. The highest BCUT2D eigenvalue weighted by Crippen LogP contribution is 2.24. The number of nitrogens with one attached hydrogen (secondary N) is 1. The van der Waals surface area contributed by atoms with Crippen molar-refractivity contribution in [3.05, 3.63) is 71.8 Å². The largest absolute Gasteiger partial charge is 0.494 e. The molecule has 0 aliphatic rings. The van der Waals surface area contributed by atoms with Crippen LogP contribution in [0.25, 0.3) is 5.69 Å². The van der Waals surface area contributed by atoms with Gasteiger partial charge in [-0.05, 0) is 48.9 Å². The summed E-state index contributed by atoms with van der Waals surface area (Å²) in [6, 6.07) is 13.0. The quantitative estimate of drug-likeness (QED) is 0.528. The second-order valence-corrected chi connectivity index (χ2v) is 6.52. The first kappa shape index (κ1) is 19.0. The summed E-state index contributed by atoms with van der Waals surface area (Å²) in [6.07, 6.45) is 6.60. The predicted octanol–water partition coefficient (Wildman–Crippen LogP) is 5.00. The van der Waals surface area contributed by atoms with Crippen molar-refractivity contribution >= 4 is 23.1 Å². The molecule has 2 aromatic carbocycles. The molecule has 0 radical (unpaired) electrons. The molecule has 5 nitrogen and oxygen atoms in total. The minimum atomic E-state index is 0.0886. The molecule has 0 spiro atoms. The molecule has 0 aliphatic carbocycles. The molecular formula is C21H22ClN3O2. The van der Waals surface area contributed by atoms with Crippen molar-refractivity contribution in [1.82, 2.24) is 9.55 Å². The number of ether oxygens (including phenoxy) is 1. The van der Waals surface area contributed by atoms with Crippen molar-refractivity contribution in [3.63, 3.8) is 0 Å². The lowest BCUT2D eigenvalue weighted by atomic mass is 10.1. The number of carbonyl (C=O) groups excluding carboxylic acids is 1. The van der Waals surface area contributed by atoms with Gasteiger partial charge in [0.15, 0.2) is 5.78 Å². The standard InChI is InChI=1S/C21H22ClN3O2/c1-2-13-27-18-6-3-16(4-7-18)21(26)9-10-24-17-5-8-20(19(22)14-17)25-12-11-23-15-25/h3-8,11-12,14-15,24H,2,9-10,13H2,1H3. The van der Waals surface area contributed by atoms with Gasteiger partial charge in [0.25, 0.3) is 0 Å². The first-order valence-electron chi connectivity index (χ1n) is 8.95. The van der Waals surface area contributed by atoms with Crippen molar-refractivity contribution in [3.8, 4) is 11.4 Å². The minimum absolute atomic E-state index is 0.0886. The highest BCUT2D eigenvalue weighted by Gasteiger charge is 2.07. The Morgan fingerprint density at radius 1 is 1.22 bits per heavy atom. The topological polar surface area (TPSA) is 56.1 Å². The van der Waals surface area contributed by atoms with Gasteiger partial charge in [0.05, 0.1) is 23.6 Å². The summed E-state index contributed by atoms with van der Waals surface area (Å²) in [5.74, 6) is 0.879. The summed E-state index contributed by atoms with van der Waals surface area (Å²) >= 11 is 6.34. The van der Waals surface area contributed by atoms with Crippen molar-refractivity contribution in [2.45, 2.75) is 19.8 Å². The Morgan fingerprint density at radius 3 is 2.70 bits per heavy atom. The summed E-state index contributed by atoms with van der Waals surface area (Å²) in [4.78, 5) is 16.3. The smallest absolute Gasteiger partial charge is 0.164 e. The van der Waals surface area contributed by atoms with Crippen LogP contribution < -0.4 is 10.1 Å². The number of anilines is 1. The van der Waals surface area contributed by atoms with E-state index in [9.17, 15) is 4.79 Å². The average Bonchev–Trinajstić information content (AvgIpc) is 3.21. The van der Waals surface area contributed by atoms with Gasteiger partial charge in [-0.25, -0.2) is 4.98 Å². The Balaban J connectivity index is 1.52. The van der Waals surface area contributed by atoms with Crippen LogP contribution in [-0.2, 0) is 0 Å². The third kappa shape index (κ3) is 5.11. The molecule has 6 heteroatoms. The molecule has 27 heavy (non-hydrogen) atoms. The van der Waals surface area contributed by atoms with Gasteiger partial charge in [-0.15, -0.1) is 0 Å². The summed E-state index contributed by atoms with van der Waals surface area (Å²) < 4.78 is 7.39. The number of aromatic nitrogens is 2. The lowest BCUT2D eigenvalue weighted by Gasteiger charge is -2.10. The molecule has 0 saturated heterocycles. The molecule has 0 saturated carbocycles. The number of Topliss-reactive ketones (excluding diaryl/α,β-unsaturated/α-hetero) is 1. The van der Waals surface area contributed by atoms with Gasteiger partial charge in [0.2, 0.25) is 0 Å². The maximum Gasteiger partial charge on any atom is 0.164 e. The monoisotopic (exact) mass is 383 g/mol. The number of nitrogens with zero attached hydrogens (tertiary/aromatic N) is 2. The molecule has 3 rings (SSSR count). The van der Waals surface area contributed by atoms with Gasteiger partial charge >= 0.3 is 0 Å². The summed E-state index contributed by atoms with van der Waals surface area (Å²) in [6.45, 7) is 3.27. The molecular weight excluding hydrogens is 362 g/mol. The molecule has 1 heterocycles. The van der Waals surface area contributed by atoms with E-state index in [0.717, 1.165) is 23.5 Å². The Kier molecular flexibility index (Phi) is 6.49. The lowest BCUT2D eigenvalue weighted by Crippen LogP contribution is -2.09. The third-order valence-corrected chi connectivity index (χ3v) is 4.36. The number of ketones is 1. The van der Waals surface area contributed by atoms with E-state index in [1.807, 2.05) is 53.2 Å². The van der Waals surface area contributed by atoms with Crippen LogP contribution in [-0.4, -0.2) is 28.5 Å². The molecule has 0 amide bonds. The van der Waals surface area contributed by atoms with E-state index < -0.39 is 0 Å². The van der Waals surface area contributed by atoms with Gasteiger partial charge in [-0.1, -0.05) is 18.5 Å². The molecule has 0 unspecified atom stereocenters. The fourth-order valence-corrected chi connectivity index (χ4v) is 2.93. The zero-order valence-corrected chi connectivity index (χ0v) is 15.9. The van der Waals surface area contributed by atoms with Crippen molar-refractivity contribution in [1.29, 1.82) is 0 Å². The molecule has 0 bridgehead atoms. The van der Waals surface area contributed by atoms with Crippen molar-refractivity contribution in [2.75, 3.05) is 18.5 Å². The van der Waals surface area contributed by atoms with Gasteiger partial charge < -0.3 is 14.6 Å². The zero-order valence-electron chi connectivity index (χ0n) is 15.2. The highest BCUT2D eigenvalue weighted by molar-refractivity contribution is 6.32. The van der Waals surface area contributed by atoms with Gasteiger partial charge in [0, 0.05) is 36.6 Å². The fourth-order valence-electron chi connectivity index (χ4n) is 2.65. The number of halogens is 1. The SMILES string of the molecule is CCCOc1ccc(C(=O)CCNc2ccc(-n3ccnc3)c(Cl)c2)cc1. The minimum Gasteiger partial charge on any atom is -0.494 e. The van der Waals surface area contributed by atoms with Crippen LogP contribution in [0, 0.1) is 0 Å². The number of rotatable bonds is 9. The molecule has 0 aliphatic heterocycles. The van der Waals surface area contributed by atoms with Crippen molar-refractivity contribution < 1.29 is 9.53 Å². The first-order chi connectivity index (χ1) is 13.2. The first-order valence-corrected chi connectivity index (χ1v) is 9.33. The molecule has 0 fully saturated rings. The van der Waals surface area contributed by atoms with Crippen LogP contribution in [0.4, 0.5) is 5.69 Å². The average molecular weight is 384 g/mol. The number of imidazole rings is 1. The van der Waals surface area contributed by atoms with E-state index >= 15 is 0 Å². The van der Waals surface area contributed by atoms with E-state index in [-0.39, 0.29) is 5.78 Å². The third-order valence-electron chi connectivity index (χ3n) is 4.06. The second kappa shape index (κ2) is 9.24. The van der Waals surface area contributed by atoms with Crippen LogP contribution >= 0.6 is 11.6 Å². The molecule has 140 valence electrons. The van der Waals surface area contributed by atoms with Crippen LogP contribution in [0.1, 0.15) is 30.1 Å². The van der Waals surface area contributed by atoms with E-state index in [4.69, 9.17) is 16.3 Å². The van der Waals surface area contributed by atoms with Crippen LogP contribution in [0.2, 0.25) is 5.02 Å². The Morgan fingerprint density at radius 2 is 2.04 bits per heavy atom. The van der Waals surface area contributed by atoms with E-state index in [1.165, 1.54) is 0 Å². The van der Waals surface area contributed by atoms with E-state index in [1.54, 1.807) is 12.5 Å². The van der Waals surface area contributed by atoms with Gasteiger partial charge in [0.1, 0.15) is 5.75 Å². The number of hydrogen-bond acceptors (Lipinski definition) is 4. The summed E-state index contributed by atoms with van der Waals surface area (Å²) in [7, 11) is 0. The van der Waals surface area contributed by atoms with Gasteiger partial charge in [-0.2, -0.15) is 0 Å². The van der Waals surface area contributed by atoms with Crippen LogP contribution in [0.3, 0.4) is 0 Å². The highest BCUT2D eigenvalue weighted by atomic mass is 35.5. The lowest BCUT2D eigenvalue weighted by molar-refractivity contribution is 0.0986. The second-order valence-electron chi connectivity index (χ2n) is 6.11. The maximum atomic E-state index is 12.3. The Bertz CT molecular complexity index is 877. The number of carbonyl (C=O) groups is 1. The van der Waals surface area contributed by atoms with Crippen LogP contribution in [0.15, 0.2) is 61.2 Å². The molecule has 0 atom stereocenters. The normalized spacial score (nSPS) is 10.6. The van der Waals surface area contributed by atoms with E-state index in [2.05, 4.69) is 17.2 Å². The van der Waals surface area contributed by atoms with Crippen LogP contribution in [0.5, 0.6) is 5.75 Å². The predicted molar refractivity (Wildman–Crippen MR) is 108 cm³/mol. The number of benzene rings is 2. The summed E-state index contributed by atoms with van der Waals surface area (Å²) in [5, 5.41) is 3.86. The zero-order chi connectivity index (χ0) is 19.1. The van der Waals surface area contributed by atoms with Crippen molar-refractivity contribution in [2.24, 2.45) is 0 Å². The molecule has 3 aromatic rings. The Hall–Kier alpha value is -2.79. The maximum absolute atomic E-state index is 12.3. The number of hydrogen-bond donors (Lipinski definition) is 1. The van der Waals surface area contributed by atoms with E-state index in [0.29, 0.717) is 30.2 Å². The molecule has 1 aromatic heterocycles. The Labute approximate surface area is 164 Å². The molecule has 1 N–H and O–H groups in total. The van der Waals surface area contributed by atoms with Gasteiger partial charge in [-0.3, -0.25) is 4.79 Å². The summed E-state index contributed by atoms with van der Waals surface area (Å²) in [5.41, 5.74) is 2.43.